The van der Waals surface area contributed by atoms with Gasteiger partial charge in [-0.3, -0.25) is 4.79 Å². The second-order valence-electron chi connectivity index (χ2n) is 4.21. The van der Waals surface area contributed by atoms with Gasteiger partial charge < -0.3 is 10.5 Å². The van der Waals surface area contributed by atoms with Crippen LogP contribution in [-0.4, -0.2) is 13.1 Å². The van der Waals surface area contributed by atoms with Gasteiger partial charge in [-0.05, 0) is 12.8 Å². The zero-order valence-electron chi connectivity index (χ0n) is 10.6. The van der Waals surface area contributed by atoms with E-state index in [4.69, 9.17) is 5.73 Å². The smallest absolute Gasteiger partial charge is 0.305 e. The highest BCUT2D eigenvalue weighted by Gasteiger charge is 2.18. The Hall–Kier alpha value is -1.56. The van der Waals surface area contributed by atoms with Gasteiger partial charge in [-0.15, -0.1) is 0 Å². The van der Waals surface area contributed by atoms with Crippen LogP contribution in [0.3, 0.4) is 0 Å². The predicted octanol–water partition coefficient (Wildman–Crippen LogP) is 2.84. The fraction of sp³-hybridized carbons (Fsp3) is 0.462. The van der Waals surface area contributed by atoms with Crippen LogP contribution in [0, 0.1) is 17.5 Å². The van der Waals surface area contributed by atoms with Crippen molar-refractivity contribution in [3.8, 4) is 0 Å². The van der Waals surface area contributed by atoms with Crippen molar-refractivity contribution in [1.82, 2.24) is 0 Å². The Balaban J connectivity index is 2.54. The molecule has 0 spiro atoms. The number of esters is 1. The van der Waals surface area contributed by atoms with Gasteiger partial charge in [0.05, 0.1) is 7.11 Å². The number of carbonyl (C=O) groups excluding carboxylic acids is 1. The molecule has 106 valence electrons. The number of benzene rings is 1. The van der Waals surface area contributed by atoms with Crippen LogP contribution >= 0.6 is 0 Å². The summed E-state index contributed by atoms with van der Waals surface area (Å²) in [5.41, 5.74) is 5.36. The fourth-order valence-electron chi connectivity index (χ4n) is 1.79. The molecule has 0 amide bonds. The third-order valence-corrected chi connectivity index (χ3v) is 2.79. The Bertz CT molecular complexity index is 429. The maximum Gasteiger partial charge on any atom is 0.305 e. The van der Waals surface area contributed by atoms with Gasteiger partial charge in [0, 0.05) is 30.2 Å². The van der Waals surface area contributed by atoms with Crippen LogP contribution in [0.1, 0.15) is 37.3 Å². The molecular weight excluding hydrogens is 259 g/mol. The zero-order valence-corrected chi connectivity index (χ0v) is 10.6. The third kappa shape index (κ3) is 4.55. The first-order valence-electron chi connectivity index (χ1n) is 5.92. The number of hydrogen-bond acceptors (Lipinski definition) is 3. The number of hydrogen-bond donors (Lipinski definition) is 1. The molecule has 1 unspecified atom stereocenters. The van der Waals surface area contributed by atoms with Crippen molar-refractivity contribution in [3.05, 3.63) is 35.1 Å². The van der Waals surface area contributed by atoms with Crippen LogP contribution in [0.5, 0.6) is 0 Å². The van der Waals surface area contributed by atoms with Crippen molar-refractivity contribution in [1.29, 1.82) is 0 Å². The summed E-state index contributed by atoms with van der Waals surface area (Å²) in [7, 11) is 1.29. The van der Waals surface area contributed by atoms with Crippen molar-refractivity contribution < 1.29 is 22.7 Å². The van der Waals surface area contributed by atoms with E-state index >= 15 is 0 Å². The summed E-state index contributed by atoms with van der Waals surface area (Å²) < 4.78 is 44.0. The normalized spacial score (nSPS) is 12.3. The first-order valence-corrected chi connectivity index (χ1v) is 5.92. The number of rotatable bonds is 6. The minimum Gasteiger partial charge on any atom is -0.469 e. The maximum absolute atomic E-state index is 13.4. The molecule has 0 aliphatic carbocycles. The molecular formula is C13H16F3NO2. The highest BCUT2D eigenvalue weighted by atomic mass is 19.1. The largest absolute Gasteiger partial charge is 0.469 e. The number of methoxy groups -OCH3 is 1. The molecule has 0 aliphatic heterocycles. The summed E-state index contributed by atoms with van der Waals surface area (Å²) in [5, 5.41) is 0. The van der Waals surface area contributed by atoms with Crippen LogP contribution in [0.25, 0.3) is 0 Å². The fourth-order valence-corrected chi connectivity index (χ4v) is 1.79. The van der Waals surface area contributed by atoms with Gasteiger partial charge in [-0.25, -0.2) is 13.2 Å². The lowest BCUT2D eigenvalue weighted by Crippen LogP contribution is -2.15. The van der Waals surface area contributed by atoms with E-state index in [1.807, 2.05) is 0 Å². The summed E-state index contributed by atoms with van der Waals surface area (Å²) in [6.07, 6.45) is 1.57. The monoisotopic (exact) mass is 275 g/mol. The van der Waals surface area contributed by atoms with Crippen LogP contribution in [0.2, 0.25) is 0 Å². The van der Waals surface area contributed by atoms with Crippen LogP contribution in [0.15, 0.2) is 12.1 Å². The van der Waals surface area contributed by atoms with Gasteiger partial charge in [-0.1, -0.05) is 6.42 Å². The van der Waals surface area contributed by atoms with Gasteiger partial charge in [-0.2, -0.15) is 0 Å². The number of carbonyl (C=O) groups is 1. The Kier molecular flexibility index (Phi) is 5.82. The molecule has 0 saturated carbocycles. The minimum absolute atomic E-state index is 0.234. The molecule has 0 radical (unpaired) electrons. The van der Waals surface area contributed by atoms with E-state index in [1.165, 1.54) is 7.11 Å². The van der Waals surface area contributed by atoms with E-state index in [0.29, 0.717) is 31.4 Å². The van der Waals surface area contributed by atoms with Gasteiger partial charge in [0.1, 0.15) is 17.5 Å². The molecule has 0 fully saturated rings. The summed E-state index contributed by atoms with van der Waals surface area (Å²) in [6, 6.07) is 0.345. The second-order valence-corrected chi connectivity index (χ2v) is 4.21. The number of nitrogens with two attached hydrogens (primary N) is 1. The lowest BCUT2D eigenvalue weighted by atomic mass is 10.00. The van der Waals surface area contributed by atoms with Gasteiger partial charge >= 0.3 is 5.97 Å². The molecule has 0 aliphatic rings. The van der Waals surface area contributed by atoms with Crippen molar-refractivity contribution in [2.75, 3.05) is 7.11 Å². The zero-order chi connectivity index (χ0) is 14.4. The molecule has 1 rings (SSSR count). The predicted molar refractivity (Wildman–Crippen MR) is 63.7 cm³/mol. The molecule has 0 saturated heterocycles. The van der Waals surface area contributed by atoms with Crippen molar-refractivity contribution in [3.63, 3.8) is 0 Å². The second kappa shape index (κ2) is 7.13. The van der Waals surface area contributed by atoms with E-state index < -0.39 is 23.5 Å². The Labute approximate surface area is 109 Å². The summed E-state index contributed by atoms with van der Waals surface area (Å²) in [5.74, 6) is -3.29. The van der Waals surface area contributed by atoms with Gasteiger partial charge in [0.15, 0.2) is 0 Å². The van der Waals surface area contributed by atoms with Gasteiger partial charge in [0.2, 0.25) is 0 Å². The summed E-state index contributed by atoms with van der Waals surface area (Å²) in [6.45, 7) is 0. The third-order valence-electron chi connectivity index (χ3n) is 2.79. The average Bonchev–Trinajstić information content (AvgIpc) is 2.33. The van der Waals surface area contributed by atoms with E-state index in [9.17, 15) is 18.0 Å². The highest BCUT2D eigenvalue weighted by molar-refractivity contribution is 5.68. The topological polar surface area (TPSA) is 52.3 Å². The molecule has 1 aromatic rings. The molecule has 2 N–H and O–H groups in total. The Morgan fingerprint density at radius 2 is 1.84 bits per heavy atom. The first-order chi connectivity index (χ1) is 8.95. The van der Waals surface area contributed by atoms with E-state index in [-0.39, 0.29) is 18.0 Å². The number of halogens is 3. The quantitative estimate of drug-likeness (QED) is 0.641. The highest BCUT2D eigenvalue weighted by Crippen LogP contribution is 2.24. The average molecular weight is 275 g/mol. The maximum atomic E-state index is 13.4. The van der Waals surface area contributed by atoms with Gasteiger partial charge in [0.25, 0.3) is 0 Å². The van der Waals surface area contributed by atoms with Crippen LogP contribution in [-0.2, 0) is 9.53 Å². The summed E-state index contributed by atoms with van der Waals surface area (Å²) >= 11 is 0. The SMILES string of the molecule is COC(=O)CCCCC(N)c1c(F)cc(F)cc1F. The molecule has 0 bridgehead atoms. The molecule has 0 heterocycles. The molecule has 0 aromatic heterocycles. The molecule has 3 nitrogen and oxygen atoms in total. The number of ether oxygens (including phenoxy) is 1. The lowest BCUT2D eigenvalue weighted by molar-refractivity contribution is -0.140. The van der Waals surface area contributed by atoms with E-state index in [2.05, 4.69) is 4.74 Å². The Morgan fingerprint density at radius 3 is 2.37 bits per heavy atom. The molecule has 1 atom stereocenters. The summed E-state index contributed by atoms with van der Waals surface area (Å²) in [4.78, 5) is 10.9. The molecule has 6 heteroatoms. The lowest BCUT2D eigenvalue weighted by Gasteiger charge is -2.13. The number of unbranched alkanes of at least 4 members (excludes halogenated alkanes) is 1. The van der Waals surface area contributed by atoms with Crippen LogP contribution in [0.4, 0.5) is 13.2 Å². The standard InChI is InChI=1S/C13H16F3NO2/c1-19-12(18)5-3-2-4-11(17)13-9(15)6-8(14)7-10(13)16/h6-7,11H,2-5,17H2,1H3. The van der Waals surface area contributed by atoms with E-state index in [1.54, 1.807) is 0 Å². The molecule has 19 heavy (non-hydrogen) atoms. The first kappa shape index (κ1) is 15.5. The van der Waals surface area contributed by atoms with Crippen LogP contribution < -0.4 is 5.73 Å². The van der Waals surface area contributed by atoms with Crippen molar-refractivity contribution in [2.45, 2.75) is 31.7 Å². The van der Waals surface area contributed by atoms with E-state index in [0.717, 1.165) is 0 Å². The van der Waals surface area contributed by atoms with Crippen molar-refractivity contribution >= 4 is 5.97 Å². The molecule has 1 aromatic carbocycles. The minimum atomic E-state index is -0.988. The van der Waals surface area contributed by atoms with Crippen molar-refractivity contribution in [2.24, 2.45) is 5.73 Å². The Morgan fingerprint density at radius 1 is 1.26 bits per heavy atom.